The maximum Gasteiger partial charge on any atom is 1.00 e. The maximum atomic E-state index is 8.33. The van der Waals surface area contributed by atoms with Gasteiger partial charge in [0.25, 0.3) is 0 Å². The Morgan fingerprint density at radius 3 is 0.556 bits per heavy atom. The van der Waals surface area contributed by atoms with Crippen LogP contribution in [0.25, 0.3) is 0 Å². The molecule has 15 heteroatoms. The molecule has 0 aromatic carbocycles. The number of carbonyl (C=O) groups is 3. The van der Waals surface area contributed by atoms with Crippen LogP contribution < -0.4 is 280 Å². The van der Waals surface area contributed by atoms with Crippen molar-refractivity contribution in [1.29, 1.82) is 0 Å². The molecule has 72 valence electrons. The SMILES string of the molecule is O=C([O-])[O-].O=C([O-])[O-].O=C([O-])[O-].[Cs+].[K+].[K+].[Li+].[Na+].[Na+]. The average molecular weight is 444 g/mol. The van der Waals surface area contributed by atoms with Crippen LogP contribution in [0.5, 0.6) is 0 Å². The Morgan fingerprint density at radius 1 is 0.556 bits per heavy atom. The second-order valence-electron chi connectivity index (χ2n) is 0.750. The third kappa shape index (κ3) is 284. The van der Waals surface area contributed by atoms with Crippen LogP contribution in [-0.4, -0.2) is 18.5 Å². The summed E-state index contributed by atoms with van der Waals surface area (Å²) in [5, 5.41) is 50.0. The molecule has 0 radical (unpaired) electrons. The normalized spacial score (nSPS) is 4.00. The van der Waals surface area contributed by atoms with E-state index in [0.29, 0.717) is 0 Å². The van der Waals surface area contributed by atoms with Crippen LogP contribution in [0.1, 0.15) is 0 Å². The van der Waals surface area contributed by atoms with Gasteiger partial charge in [0.2, 0.25) is 0 Å². The van der Waals surface area contributed by atoms with Gasteiger partial charge in [-0.15, -0.1) is 0 Å². The minimum Gasteiger partial charge on any atom is -0.652 e. The molecule has 0 saturated carbocycles. The summed E-state index contributed by atoms with van der Waals surface area (Å²) in [5.41, 5.74) is 0. The zero-order valence-corrected chi connectivity index (χ0v) is 27.7. The Bertz CT molecular complexity index is 135. The van der Waals surface area contributed by atoms with E-state index in [4.69, 9.17) is 45.0 Å². The van der Waals surface area contributed by atoms with E-state index in [9.17, 15) is 0 Å². The molecule has 0 aliphatic carbocycles. The third-order valence-corrected chi connectivity index (χ3v) is 0. The van der Waals surface area contributed by atoms with Gasteiger partial charge in [0.15, 0.2) is 0 Å². The van der Waals surface area contributed by atoms with Crippen molar-refractivity contribution in [2.24, 2.45) is 0 Å². The molecular formula is C3CsK2LiNa2O9. The standard InChI is InChI=1S/3CH2O3.Cs.2K.Li.2Na/c3*2-1(3)4;;;;;;/h3*(H2,2,3,4);;;;;;/q;;;6*+1/p-6. The zero-order chi connectivity index (χ0) is 10.7. The summed E-state index contributed by atoms with van der Waals surface area (Å²) in [6.45, 7) is 0. The summed E-state index contributed by atoms with van der Waals surface area (Å²) < 4.78 is 0. The molecule has 0 spiro atoms. The van der Waals surface area contributed by atoms with Gasteiger partial charge in [0.05, 0.1) is 0 Å². The largest absolute Gasteiger partial charge is 1.00 e. The molecule has 0 heterocycles. The first-order chi connectivity index (χ1) is 5.20. The van der Waals surface area contributed by atoms with Crippen LogP contribution >= 0.6 is 0 Å². The predicted molar refractivity (Wildman–Crippen MR) is 16.2 cm³/mol. The molecule has 0 amide bonds. The molecule has 9 nitrogen and oxygen atoms in total. The van der Waals surface area contributed by atoms with E-state index in [2.05, 4.69) is 0 Å². The van der Waals surface area contributed by atoms with Crippen LogP contribution in [0.4, 0.5) is 14.4 Å². The van der Waals surface area contributed by atoms with E-state index >= 15 is 0 Å². The third-order valence-electron chi connectivity index (χ3n) is 0. The molecule has 0 aromatic rings. The van der Waals surface area contributed by atoms with Crippen LogP contribution in [0.15, 0.2) is 0 Å². The van der Waals surface area contributed by atoms with Crippen molar-refractivity contribution in [3.63, 3.8) is 0 Å². The smallest absolute Gasteiger partial charge is 0.652 e. The molecule has 0 aliphatic rings. The van der Waals surface area contributed by atoms with Crippen molar-refractivity contribution in [3.05, 3.63) is 0 Å². The van der Waals surface area contributed by atoms with E-state index in [1.54, 1.807) is 0 Å². The number of carboxylic acid groups (broad SMARTS) is 6. The minimum atomic E-state index is -2.33. The monoisotopic (exact) mass is 444 g/mol. The van der Waals surface area contributed by atoms with E-state index in [1.807, 2.05) is 0 Å². The van der Waals surface area contributed by atoms with Gasteiger partial charge in [-0.25, -0.2) is 0 Å². The molecule has 0 saturated heterocycles. The fourth-order valence-corrected chi connectivity index (χ4v) is 0. The molecule has 0 aliphatic heterocycles. The van der Waals surface area contributed by atoms with Crippen molar-refractivity contribution < 1.29 is 295 Å². The molecule has 18 heavy (non-hydrogen) atoms. The minimum absolute atomic E-state index is 0. The van der Waals surface area contributed by atoms with Crippen molar-refractivity contribution in [3.8, 4) is 0 Å². The molecule has 0 unspecified atom stereocenters. The van der Waals surface area contributed by atoms with Gasteiger partial charge in [0, 0.05) is 0 Å². The summed E-state index contributed by atoms with van der Waals surface area (Å²) in [4.78, 5) is 25.0. The van der Waals surface area contributed by atoms with Crippen LogP contribution in [0.2, 0.25) is 0 Å². The predicted octanol–water partition coefficient (Wildman–Crippen LogP) is -25.3. The molecule has 0 fully saturated rings. The molecule has 0 aromatic heterocycles. The maximum absolute atomic E-state index is 8.33. The molecule has 0 bridgehead atoms. The summed E-state index contributed by atoms with van der Waals surface area (Å²) in [7, 11) is 0. The molecular weight excluding hydrogens is 444 g/mol. The quantitative estimate of drug-likeness (QED) is 0.327. The fourth-order valence-electron chi connectivity index (χ4n) is 0. The first-order valence-electron chi connectivity index (χ1n) is 1.84. The van der Waals surface area contributed by atoms with E-state index in [1.165, 1.54) is 0 Å². The Labute approximate surface area is 303 Å². The van der Waals surface area contributed by atoms with Gasteiger partial charge < -0.3 is 45.0 Å². The van der Waals surface area contributed by atoms with Gasteiger partial charge in [0.1, 0.15) is 0 Å². The summed E-state index contributed by atoms with van der Waals surface area (Å²) >= 11 is 0. The fraction of sp³-hybridized carbons (Fsp3) is 0. The molecule has 0 atom stereocenters. The number of hydrogen-bond acceptors (Lipinski definition) is 9. The molecule has 0 N–H and O–H groups in total. The number of carbonyl (C=O) groups excluding carboxylic acids is 3. The second-order valence-corrected chi connectivity index (χ2v) is 0.750. The van der Waals surface area contributed by atoms with Crippen molar-refractivity contribution in [1.82, 2.24) is 0 Å². The second kappa shape index (κ2) is 49.5. The van der Waals surface area contributed by atoms with E-state index in [0.717, 1.165) is 0 Å². The average Bonchev–Trinajstić information content (AvgIpc) is 1.54. The summed E-state index contributed by atoms with van der Waals surface area (Å²) in [6.07, 6.45) is -7.00. The Kier molecular flexibility index (Phi) is 155. The van der Waals surface area contributed by atoms with Crippen LogP contribution in [0, 0.1) is 0 Å². The van der Waals surface area contributed by atoms with Gasteiger partial charge in [-0.3, -0.25) is 0 Å². The first kappa shape index (κ1) is 56.5. The molecule has 0 rings (SSSR count). The number of rotatable bonds is 0. The number of hydrogen-bond donors (Lipinski definition) is 0. The summed E-state index contributed by atoms with van der Waals surface area (Å²) in [6, 6.07) is 0. The van der Waals surface area contributed by atoms with Gasteiger partial charge in [-0.2, -0.15) is 0 Å². The van der Waals surface area contributed by atoms with Gasteiger partial charge in [-0.05, 0) is 18.5 Å². The van der Waals surface area contributed by atoms with E-state index in [-0.39, 0.29) is 250 Å². The van der Waals surface area contributed by atoms with E-state index < -0.39 is 18.5 Å². The van der Waals surface area contributed by atoms with Crippen LogP contribution in [-0.2, 0) is 0 Å². The van der Waals surface area contributed by atoms with Crippen molar-refractivity contribution in [2.45, 2.75) is 0 Å². The topological polar surface area (TPSA) is 190 Å². The van der Waals surface area contributed by atoms with Gasteiger partial charge in [-0.1, -0.05) is 0 Å². The van der Waals surface area contributed by atoms with Crippen LogP contribution in [0.3, 0.4) is 0 Å². The first-order valence-corrected chi connectivity index (χ1v) is 1.84. The Hall–Kier alpha value is 5.73. The van der Waals surface area contributed by atoms with Crippen molar-refractivity contribution in [2.75, 3.05) is 0 Å². The Morgan fingerprint density at radius 2 is 0.556 bits per heavy atom. The summed E-state index contributed by atoms with van der Waals surface area (Å²) in [5.74, 6) is 0. The zero-order valence-electron chi connectivity index (χ0n) is 11.2. The van der Waals surface area contributed by atoms with Gasteiger partial charge >= 0.3 is 250 Å². The Balaban J connectivity index is -0.00000000827. The van der Waals surface area contributed by atoms with Crippen molar-refractivity contribution >= 4 is 18.5 Å².